The number of aryl methyl sites for hydroxylation is 2. The first-order chi connectivity index (χ1) is 19.4. The summed E-state index contributed by atoms with van der Waals surface area (Å²) < 4.78 is 7.46. The van der Waals surface area contributed by atoms with Crippen molar-refractivity contribution in [3.8, 4) is 0 Å². The van der Waals surface area contributed by atoms with Crippen molar-refractivity contribution >= 4 is 46.2 Å². The normalized spacial score (nSPS) is 16.5. The Labute approximate surface area is 239 Å². The number of carbonyl (C=O) groups is 2. The molecule has 3 N–H and O–H groups in total. The van der Waals surface area contributed by atoms with Crippen LogP contribution in [0.3, 0.4) is 0 Å². The summed E-state index contributed by atoms with van der Waals surface area (Å²) in [4.78, 5) is 31.6. The summed E-state index contributed by atoms with van der Waals surface area (Å²) in [6.45, 7) is 10.6. The number of amides is 2. The second kappa shape index (κ2) is 12.0. The third kappa shape index (κ3) is 5.58. The van der Waals surface area contributed by atoms with Crippen molar-refractivity contribution in [1.82, 2.24) is 25.4 Å². The molecule has 0 bridgehead atoms. The average Bonchev–Trinajstić information content (AvgIpc) is 3.70. The number of halogens is 1. The van der Waals surface area contributed by atoms with E-state index in [-0.39, 0.29) is 24.4 Å². The molecule has 0 radical (unpaired) electrons. The summed E-state index contributed by atoms with van der Waals surface area (Å²) in [7, 11) is 0. The smallest absolute Gasteiger partial charge is 0.235 e. The van der Waals surface area contributed by atoms with Crippen molar-refractivity contribution in [2.45, 2.75) is 71.6 Å². The molecule has 9 nitrogen and oxygen atoms in total. The van der Waals surface area contributed by atoms with E-state index in [4.69, 9.17) is 21.3 Å². The molecule has 0 atom stereocenters. The maximum absolute atomic E-state index is 13.4. The topological polar surface area (TPSA) is 110 Å². The van der Waals surface area contributed by atoms with Crippen LogP contribution in [0.5, 0.6) is 0 Å². The number of carbonyl (C=O) groups excluding carboxylic acids is 2. The van der Waals surface area contributed by atoms with Gasteiger partial charge < -0.3 is 20.7 Å². The molecule has 2 aromatic heterocycles. The van der Waals surface area contributed by atoms with E-state index in [0.717, 1.165) is 71.7 Å². The van der Waals surface area contributed by atoms with Crippen LogP contribution in [-0.4, -0.2) is 45.8 Å². The summed E-state index contributed by atoms with van der Waals surface area (Å²) in [5.41, 5.74) is 4.31. The molecule has 0 spiro atoms. The van der Waals surface area contributed by atoms with Gasteiger partial charge in [0.25, 0.3) is 0 Å². The molecule has 2 fully saturated rings. The minimum atomic E-state index is -1.04. The van der Waals surface area contributed by atoms with Crippen LogP contribution >= 0.6 is 11.6 Å². The van der Waals surface area contributed by atoms with Gasteiger partial charge in [0.1, 0.15) is 5.41 Å². The molecule has 0 unspecified atom stereocenters. The Hall–Kier alpha value is -3.43. The van der Waals surface area contributed by atoms with Crippen LogP contribution in [-0.2, 0) is 40.4 Å². The Balaban J connectivity index is 1.33. The maximum Gasteiger partial charge on any atom is 0.235 e. The van der Waals surface area contributed by atoms with E-state index >= 15 is 0 Å². The van der Waals surface area contributed by atoms with Crippen molar-refractivity contribution in [3.63, 3.8) is 0 Å². The second-order valence-electron chi connectivity index (χ2n) is 10.5. The van der Waals surface area contributed by atoms with Gasteiger partial charge in [0, 0.05) is 55.2 Å². The van der Waals surface area contributed by atoms with Gasteiger partial charge in [-0.15, -0.1) is 0 Å². The lowest BCUT2D eigenvalue weighted by atomic mass is 10.0. The molecule has 5 rings (SSSR count). The Morgan fingerprint density at radius 2 is 1.90 bits per heavy atom. The number of rotatable bonds is 11. The summed E-state index contributed by atoms with van der Waals surface area (Å²) in [5.74, 6) is -0.509. The molecular weight excluding hydrogens is 528 g/mol. The number of nitrogens with one attached hydrogen (secondary N) is 3. The first kappa shape index (κ1) is 28.1. The molecule has 1 aliphatic carbocycles. The van der Waals surface area contributed by atoms with Gasteiger partial charge in [-0.25, -0.2) is 9.67 Å². The van der Waals surface area contributed by atoms with Crippen molar-refractivity contribution in [3.05, 3.63) is 58.4 Å². The van der Waals surface area contributed by atoms with Crippen LogP contribution in [0.4, 0.5) is 5.69 Å². The first-order valence-corrected chi connectivity index (χ1v) is 14.5. The lowest BCUT2D eigenvalue weighted by molar-refractivity contribution is -0.137. The first-order valence-electron chi connectivity index (χ1n) is 14.1. The van der Waals surface area contributed by atoms with E-state index in [2.05, 4.69) is 34.6 Å². The number of aromatic nitrogens is 3. The van der Waals surface area contributed by atoms with E-state index in [1.807, 2.05) is 29.9 Å². The number of hydrogen-bond acceptors (Lipinski definition) is 6. The van der Waals surface area contributed by atoms with Gasteiger partial charge in [-0.3, -0.25) is 9.59 Å². The predicted octanol–water partition coefficient (Wildman–Crippen LogP) is 4.61. The zero-order valence-corrected chi connectivity index (χ0v) is 23.9. The summed E-state index contributed by atoms with van der Waals surface area (Å²) in [5, 5.41) is 15.9. The number of pyridine rings is 1. The molecule has 1 saturated heterocycles. The summed E-state index contributed by atoms with van der Waals surface area (Å²) in [6, 6.07) is 5.79. The third-order valence-corrected chi connectivity index (χ3v) is 8.30. The molecule has 3 aromatic rings. The van der Waals surface area contributed by atoms with E-state index in [1.165, 1.54) is 0 Å². The highest BCUT2D eigenvalue weighted by molar-refractivity contribution is 6.32. The standard InChI is InChI=1S/C30H37ClN6O3/c1-4-20-15-19(7-8-24(20)31)16-32-28(38)30(11-12-30)29(39)33-17-22-25(5-2)36-27-23(18-34-37(27)6-3)26(22)35-21-9-13-40-14-10-21/h4,7-8,15,18,21H,1,5-6,9-14,16-17H2,2-3H3,(H,32,38)(H,33,39)(H,35,36). The van der Waals surface area contributed by atoms with E-state index in [9.17, 15) is 9.59 Å². The molecule has 2 aliphatic rings. The Morgan fingerprint density at radius 1 is 1.18 bits per heavy atom. The second-order valence-corrected chi connectivity index (χ2v) is 10.9. The third-order valence-electron chi connectivity index (χ3n) is 7.95. The molecule has 40 heavy (non-hydrogen) atoms. The number of nitrogens with zero attached hydrogens (tertiary/aromatic N) is 3. The zero-order valence-electron chi connectivity index (χ0n) is 23.2. The van der Waals surface area contributed by atoms with Crippen LogP contribution in [0, 0.1) is 5.41 Å². The quantitative estimate of drug-likeness (QED) is 0.293. The summed E-state index contributed by atoms with van der Waals surface area (Å²) >= 11 is 6.17. The van der Waals surface area contributed by atoms with E-state index < -0.39 is 5.41 Å². The van der Waals surface area contributed by atoms with Crippen LogP contribution in [0.15, 0.2) is 31.0 Å². The van der Waals surface area contributed by atoms with Gasteiger partial charge in [0.05, 0.1) is 17.3 Å². The van der Waals surface area contributed by atoms with E-state index in [1.54, 1.807) is 12.1 Å². The van der Waals surface area contributed by atoms with Gasteiger partial charge in [-0.05, 0) is 62.3 Å². The highest BCUT2D eigenvalue weighted by atomic mass is 35.5. The number of anilines is 1. The highest BCUT2D eigenvalue weighted by Gasteiger charge is 2.56. The number of fused-ring (bicyclic) bond motifs is 1. The van der Waals surface area contributed by atoms with Gasteiger partial charge in [0.15, 0.2) is 5.65 Å². The Morgan fingerprint density at radius 3 is 2.55 bits per heavy atom. The van der Waals surface area contributed by atoms with Gasteiger partial charge in [-0.2, -0.15) is 5.10 Å². The predicted molar refractivity (Wildman–Crippen MR) is 157 cm³/mol. The van der Waals surface area contributed by atoms with Gasteiger partial charge in [0.2, 0.25) is 11.8 Å². The molecular formula is C30H37ClN6O3. The fourth-order valence-corrected chi connectivity index (χ4v) is 5.53. The lowest BCUT2D eigenvalue weighted by Gasteiger charge is -2.27. The van der Waals surface area contributed by atoms with Crippen molar-refractivity contribution < 1.29 is 14.3 Å². The molecule has 1 aliphatic heterocycles. The zero-order chi connectivity index (χ0) is 28.3. The van der Waals surface area contributed by atoms with Crippen LogP contribution in [0.1, 0.15) is 61.9 Å². The van der Waals surface area contributed by atoms with Crippen molar-refractivity contribution in [1.29, 1.82) is 0 Å². The minimum Gasteiger partial charge on any atom is -0.381 e. The average molecular weight is 565 g/mol. The molecule has 212 valence electrons. The molecule has 1 saturated carbocycles. The van der Waals surface area contributed by atoms with Gasteiger partial charge in [-0.1, -0.05) is 37.2 Å². The fourth-order valence-electron chi connectivity index (χ4n) is 5.33. The monoisotopic (exact) mass is 564 g/mol. The van der Waals surface area contributed by atoms with E-state index in [0.29, 0.717) is 30.8 Å². The van der Waals surface area contributed by atoms with Crippen LogP contribution in [0.25, 0.3) is 17.1 Å². The lowest BCUT2D eigenvalue weighted by Crippen LogP contribution is -2.42. The summed E-state index contributed by atoms with van der Waals surface area (Å²) in [6.07, 6.45) is 7.10. The van der Waals surface area contributed by atoms with Gasteiger partial charge >= 0.3 is 0 Å². The van der Waals surface area contributed by atoms with Crippen molar-refractivity contribution in [2.75, 3.05) is 18.5 Å². The minimum absolute atomic E-state index is 0.253. The molecule has 10 heteroatoms. The van der Waals surface area contributed by atoms with Crippen molar-refractivity contribution in [2.24, 2.45) is 5.41 Å². The molecule has 3 heterocycles. The number of ether oxygens (including phenoxy) is 1. The van der Waals surface area contributed by atoms with Crippen LogP contribution in [0.2, 0.25) is 5.02 Å². The molecule has 2 amide bonds. The SMILES string of the molecule is C=Cc1cc(CNC(=O)C2(C(=O)NCc3c(CC)nc4c(cnn4CC)c3NC3CCOCC3)CC2)ccc1Cl. The largest absolute Gasteiger partial charge is 0.381 e. The highest BCUT2D eigenvalue weighted by Crippen LogP contribution is 2.46. The van der Waals surface area contributed by atoms with Crippen LogP contribution < -0.4 is 16.0 Å². The Bertz CT molecular complexity index is 1420. The number of benzene rings is 1. The fraction of sp³-hybridized carbons (Fsp3) is 0.467. The number of hydrogen-bond donors (Lipinski definition) is 3. The maximum atomic E-state index is 13.4. The molecule has 1 aromatic carbocycles. The Kier molecular flexibility index (Phi) is 8.42.